The topological polar surface area (TPSA) is 26.3 Å². The Morgan fingerprint density at radius 3 is 2.44 bits per heavy atom. The van der Waals surface area contributed by atoms with E-state index in [1.165, 1.54) is 0 Å². The van der Waals surface area contributed by atoms with Crippen LogP contribution in [0.15, 0.2) is 12.1 Å². The Morgan fingerprint density at radius 1 is 1.19 bits per heavy atom. The average molecular weight is 232 g/mol. The third-order valence-electron chi connectivity index (χ3n) is 1.93. The summed E-state index contributed by atoms with van der Waals surface area (Å²) in [6.07, 6.45) is 0.824. The summed E-state index contributed by atoms with van der Waals surface area (Å²) in [7, 11) is 0. The molecule has 2 nitrogen and oxygen atoms in total. The molecule has 0 spiro atoms. The van der Waals surface area contributed by atoms with Gasteiger partial charge in [-0.15, -0.1) is 0 Å². The van der Waals surface area contributed by atoms with Gasteiger partial charge in [-0.05, 0) is 12.5 Å². The Labute approximate surface area is 91.0 Å². The van der Waals surface area contributed by atoms with Crippen molar-refractivity contribution < 1.29 is 22.7 Å². The number of benzene rings is 1. The lowest BCUT2D eigenvalue weighted by molar-refractivity contribution is -0.145. The van der Waals surface area contributed by atoms with Crippen LogP contribution in [0, 0.1) is 17.5 Å². The highest BCUT2D eigenvalue weighted by atomic mass is 19.2. The molecule has 1 aromatic rings. The SMILES string of the molecule is CCCC(=O)OCc1cc(F)c(F)cc1F. The number of carbonyl (C=O) groups excluding carboxylic acids is 1. The first-order chi connectivity index (χ1) is 7.54. The fraction of sp³-hybridized carbons (Fsp3) is 0.364. The first-order valence-corrected chi connectivity index (χ1v) is 4.83. The number of carbonyl (C=O) groups is 1. The molecule has 0 fully saturated rings. The predicted molar refractivity (Wildman–Crippen MR) is 51.0 cm³/mol. The molecule has 1 aromatic carbocycles. The minimum Gasteiger partial charge on any atom is -0.461 e. The van der Waals surface area contributed by atoms with Crippen molar-refractivity contribution in [2.24, 2.45) is 0 Å². The van der Waals surface area contributed by atoms with Crippen LogP contribution in [0.2, 0.25) is 0 Å². The lowest BCUT2D eigenvalue weighted by atomic mass is 10.2. The first-order valence-electron chi connectivity index (χ1n) is 4.83. The Kier molecular flexibility index (Phi) is 4.34. The summed E-state index contributed by atoms with van der Waals surface area (Å²) in [6, 6.07) is 1.11. The van der Waals surface area contributed by atoms with E-state index in [9.17, 15) is 18.0 Å². The molecule has 0 N–H and O–H groups in total. The normalized spacial score (nSPS) is 10.2. The van der Waals surface area contributed by atoms with E-state index in [0.717, 1.165) is 0 Å². The van der Waals surface area contributed by atoms with E-state index in [1.807, 2.05) is 0 Å². The van der Waals surface area contributed by atoms with E-state index < -0.39 is 23.4 Å². The average Bonchev–Trinajstić information content (AvgIpc) is 2.22. The third-order valence-corrected chi connectivity index (χ3v) is 1.93. The van der Waals surface area contributed by atoms with Gasteiger partial charge < -0.3 is 4.74 Å². The van der Waals surface area contributed by atoms with Crippen molar-refractivity contribution in [2.45, 2.75) is 26.4 Å². The zero-order chi connectivity index (χ0) is 12.1. The molecule has 88 valence electrons. The number of halogens is 3. The van der Waals surface area contributed by atoms with Crippen LogP contribution in [0.4, 0.5) is 13.2 Å². The van der Waals surface area contributed by atoms with Gasteiger partial charge in [0.15, 0.2) is 11.6 Å². The van der Waals surface area contributed by atoms with Gasteiger partial charge in [0, 0.05) is 18.1 Å². The smallest absolute Gasteiger partial charge is 0.306 e. The fourth-order valence-corrected chi connectivity index (χ4v) is 1.11. The van der Waals surface area contributed by atoms with Crippen LogP contribution in [0.25, 0.3) is 0 Å². The summed E-state index contributed by atoms with van der Waals surface area (Å²) < 4.78 is 43.1. The summed E-state index contributed by atoms with van der Waals surface area (Å²) in [5.74, 6) is -3.85. The molecule has 0 aliphatic rings. The molecule has 16 heavy (non-hydrogen) atoms. The second-order valence-electron chi connectivity index (χ2n) is 3.27. The van der Waals surface area contributed by atoms with Crippen LogP contribution >= 0.6 is 0 Å². The van der Waals surface area contributed by atoms with E-state index in [2.05, 4.69) is 4.74 Å². The standard InChI is InChI=1S/C11H11F3O2/c1-2-3-11(15)16-6-7-4-9(13)10(14)5-8(7)12/h4-5H,2-3,6H2,1H3. The Bertz CT molecular complexity index is 391. The summed E-state index contributed by atoms with van der Waals surface area (Å²) in [5.41, 5.74) is -0.177. The molecule has 0 bridgehead atoms. The zero-order valence-electron chi connectivity index (χ0n) is 8.73. The molecule has 0 saturated heterocycles. The van der Waals surface area contributed by atoms with Crippen LogP contribution in [0.1, 0.15) is 25.3 Å². The molecule has 0 aliphatic heterocycles. The van der Waals surface area contributed by atoms with Gasteiger partial charge in [-0.1, -0.05) is 6.92 Å². The van der Waals surface area contributed by atoms with Gasteiger partial charge in [-0.2, -0.15) is 0 Å². The van der Waals surface area contributed by atoms with Gasteiger partial charge in [0.1, 0.15) is 12.4 Å². The van der Waals surface area contributed by atoms with Crippen LogP contribution in [0.5, 0.6) is 0 Å². The summed E-state index contributed by atoms with van der Waals surface area (Å²) in [5, 5.41) is 0. The molecule has 0 aliphatic carbocycles. The van der Waals surface area contributed by atoms with E-state index in [-0.39, 0.29) is 18.6 Å². The Morgan fingerprint density at radius 2 is 1.81 bits per heavy atom. The number of rotatable bonds is 4. The molecule has 0 saturated carbocycles. The molecule has 0 aromatic heterocycles. The Balaban J connectivity index is 2.67. The highest BCUT2D eigenvalue weighted by Gasteiger charge is 2.11. The molecule has 0 amide bonds. The molecule has 0 atom stereocenters. The maximum atomic E-state index is 13.1. The highest BCUT2D eigenvalue weighted by Crippen LogP contribution is 2.14. The quantitative estimate of drug-likeness (QED) is 0.589. The maximum absolute atomic E-state index is 13.1. The predicted octanol–water partition coefficient (Wildman–Crippen LogP) is 2.95. The van der Waals surface area contributed by atoms with Crippen LogP contribution < -0.4 is 0 Å². The van der Waals surface area contributed by atoms with Gasteiger partial charge >= 0.3 is 5.97 Å². The maximum Gasteiger partial charge on any atom is 0.306 e. The summed E-state index contributed by atoms with van der Waals surface area (Å²) in [4.78, 5) is 11.0. The molecule has 0 heterocycles. The van der Waals surface area contributed by atoms with Crippen LogP contribution in [0.3, 0.4) is 0 Å². The molecule has 1 rings (SSSR count). The zero-order valence-corrected chi connectivity index (χ0v) is 8.73. The second kappa shape index (κ2) is 5.53. The van der Waals surface area contributed by atoms with Gasteiger partial charge in [0.2, 0.25) is 0 Å². The molecule has 0 unspecified atom stereocenters. The van der Waals surface area contributed by atoms with Gasteiger partial charge in [-0.3, -0.25) is 4.79 Å². The van der Waals surface area contributed by atoms with Crippen LogP contribution in [-0.2, 0) is 16.1 Å². The number of ether oxygens (including phenoxy) is 1. The Hall–Kier alpha value is -1.52. The second-order valence-corrected chi connectivity index (χ2v) is 3.27. The molecular weight excluding hydrogens is 221 g/mol. The summed E-state index contributed by atoms with van der Waals surface area (Å²) in [6.45, 7) is 1.40. The highest BCUT2D eigenvalue weighted by molar-refractivity contribution is 5.69. The van der Waals surface area contributed by atoms with E-state index in [1.54, 1.807) is 6.92 Å². The van der Waals surface area contributed by atoms with Crippen molar-refractivity contribution in [3.05, 3.63) is 35.1 Å². The van der Waals surface area contributed by atoms with Gasteiger partial charge in [-0.25, -0.2) is 13.2 Å². The lowest BCUT2D eigenvalue weighted by Gasteiger charge is -2.05. The van der Waals surface area contributed by atoms with Crippen molar-refractivity contribution in [3.63, 3.8) is 0 Å². The number of esters is 1. The van der Waals surface area contributed by atoms with Crippen molar-refractivity contribution in [1.82, 2.24) is 0 Å². The van der Waals surface area contributed by atoms with E-state index in [0.29, 0.717) is 18.6 Å². The first kappa shape index (κ1) is 12.5. The lowest BCUT2D eigenvalue weighted by Crippen LogP contribution is -2.05. The van der Waals surface area contributed by atoms with Crippen LogP contribution in [-0.4, -0.2) is 5.97 Å². The number of hydrogen-bond acceptors (Lipinski definition) is 2. The minimum atomic E-state index is -1.26. The van der Waals surface area contributed by atoms with Crippen molar-refractivity contribution >= 4 is 5.97 Å². The monoisotopic (exact) mass is 232 g/mol. The fourth-order valence-electron chi connectivity index (χ4n) is 1.11. The minimum absolute atomic E-state index is 0.177. The van der Waals surface area contributed by atoms with Gasteiger partial charge in [0.05, 0.1) is 0 Å². The van der Waals surface area contributed by atoms with E-state index in [4.69, 9.17) is 0 Å². The summed E-state index contributed by atoms with van der Waals surface area (Å²) >= 11 is 0. The molecule has 0 radical (unpaired) electrons. The van der Waals surface area contributed by atoms with E-state index >= 15 is 0 Å². The number of hydrogen-bond donors (Lipinski definition) is 0. The van der Waals surface area contributed by atoms with Crippen molar-refractivity contribution in [2.75, 3.05) is 0 Å². The largest absolute Gasteiger partial charge is 0.461 e. The van der Waals surface area contributed by atoms with Crippen molar-refractivity contribution in [3.8, 4) is 0 Å². The molecule has 5 heteroatoms. The van der Waals surface area contributed by atoms with Crippen molar-refractivity contribution in [1.29, 1.82) is 0 Å². The van der Waals surface area contributed by atoms with Gasteiger partial charge in [0.25, 0.3) is 0 Å². The third kappa shape index (κ3) is 3.25. The molecular formula is C11H11F3O2.